The van der Waals surface area contributed by atoms with Gasteiger partial charge in [0.1, 0.15) is 11.9 Å². The van der Waals surface area contributed by atoms with Crippen LogP contribution in [0.3, 0.4) is 0 Å². The summed E-state index contributed by atoms with van der Waals surface area (Å²) in [5, 5.41) is 3.55. The van der Waals surface area contributed by atoms with Crippen LogP contribution in [0.25, 0.3) is 0 Å². The Morgan fingerprint density at radius 3 is 3.15 bits per heavy atom. The number of hydrogen-bond acceptors (Lipinski definition) is 2. The van der Waals surface area contributed by atoms with Crippen molar-refractivity contribution in [2.75, 3.05) is 0 Å². The fourth-order valence-electron chi connectivity index (χ4n) is 2.33. The summed E-state index contributed by atoms with van der Waals surface area (Å²) in [5.74, 6) is 1.07. The predicted octanol–water partition coefficient (Wildman–Crippen LogP) is 1.87. The second-order valence-electron chi connectivity index (χ2n) is 3.94. The molecule has 1 aromatic rings. The van der Waals surface area contributed by atoms with Crippen LogP contribution in [0.1, 0.15) is 24.9 Å². The van der Waals surface area contributed by atoms with Gasteiger partial charge in [-0.1, -0.05) is 18.2 Å². The summed E-state index contributed by atoms with van der Waals surface area (Å²) < 4.78 is 5.87. The van der Waals surface area contributed by atoms with E-state index in [9.17, 15) is 0 Å². The molecule has 68 valence electrons. The Hall–Kier alpha value is -1.02. The van der Waals surface area contributed by atoms with E-state index in [1.165, 1.54) is 5.56 Å². The molecule has 2 aliphatic heterocycles. The Morgan fingerprint density at radius 1 is 1.38 bits per heavy atom. The minimum Gasteiger partial charge on any atom is -0.488 e. The van der Waals surface area contributed by atoms with E-state index in [1.807, 2.05) is 6.07 Å². The summed E-state index contributed by atoms with van der Waals surface area (Å²) in [4.78, 5) is 0. The molecule has 3 atom stereocenters. The first-order valence-electron chi connectivity index (χ1n) is 4.86. The lowest BCUT2D eigenvalue weighted by Gasteiger charge is -2.23. The first kappa shape index (κ1) is 7.39. The van der Waals surface area contributed by atoms with Crippen LogP contribution in [-0.2, 0) is 0 Å². The zero-order valence-corrected chi connectivity index (χ0v) is 7.66. The summed E-state index contributed by atoms with van der Waals surface area (Å²) in [6, 6.07) is 9.33. The molecule has 0 saturated carbocycles. The first-order chi connectivity index (χ1) is 6.34. The highest BCUT2D eigenvalue weighted by Gasteiger charge is 2.38. The van der Waals surface area contributed by atoms with Gasteiger partial charge in [-0.25, -0.2) is 0 Å². The molecule has 3 rings (SSSR count). The van der Waals surface area contributed by atoms with Crippen LogP contribution in [-0.4, -0.2) is 12.1 Å². The van der Waals surface area contributed by atoms with E-state index < -0.39 is 0 Å². The van der Waals surface area contributed by atoms with Crippen molar-refractivity contribution in [2.24, 2.45) is 0 Å². The molecule has 1 saturated heterocycles. The number of hydrogen-bond donors (Lipinski definition) is 1. The minimum absolute atomic E-state index is 0.375. The zero-order valence-electron chi connectivity index (χ0n) is 7.66. The average molecular weight is 175 g/mol. The van der Waals surface area contributed by atoms with Gasteiger partial charge in [0.05, 0.1) is 0 Å². The quantitative estimate of drug-likeness (QED) is 0.650. The highest BCUT2D eigenvalue weighted by molar-refractivity contribution is 5.39. The molecule has 2 aliphatic rings. The van der Waals surface area contributed by atoms with E-state index in [1.54, 1.807) is 0 Å². The van der Waals surface area contributed by atoms with Gasteiger partial charge in [-0.05, 0) is 13.0 Å². The van der Waals surface area contributed by atoms with Crippen molar-refractivity contribution < 1.29 is 4.74 Å². The third-order valence-corrected chi connectivity index (χ3v) is 3.06. The first-order valence-corrected chi connectivity index (χ1v) is 4.86. The molecule has 0 amide bonds. The van der Waals surface area contributed by atoms with Crippen LogP contribution in [0, 0.1) is 0 Å². The van der Waals surface area contributed by atoms with E-state index in [2.05, 4.69) is 30.4 Å². The van der Waals surface area contributed by atoms with Crippen LogP contribution in [0.5, 0.6) is 5.75 Å². The maximum Gasteiger partial charge on any atom is 0.124 e. The molecular weight excluding hydrogens is 162 g/mol. The van der Waals surface area contributed by atoms with Gasteiger partial charge < -0.3 is 10.1 Å². The van der Waals surface area contributed by atoms with Gasteiger partial charge in [0, 0.05) is 24.1 Å². The number of fused-ring (bicyclic) bond motifs is 4. The lowest BCUT2D eigenvalue weighted by molar-refractivity contribution is 0.181. The van der Waals surface area contributed by atoms with Gasteiger partial charge in [0.15, 0.2) is 0 Å². The second kappa shape index (κ2) is 2.48. The summed E-state index contributed by atoms with van der Waals surface area (Å²) in [5.41, 5.74) is 1.32. The van der Waals surface area contributed by atoms with Crippen molar-refractivity contribution in [3.63, 3.8) is 0 Å². The Bertz CT molecular complexity index is 335. The largest absolute Gasteiger partial charge is 0.488 e. The molecule has 13 heavy (non-hydrogen) atoms. The van der Waals surface area contributed by atoms with Crippen molar-refractivity contribution >= 4 is 0 Å². The van der Waals surface area contributed by atoms with Crippen molar-refractivity contribution in [1.82, 2.24) is 5.32 Å². The molecule has 2 bridgehead atoms. The maximum atomic E-state index is 5.87. The highest BCUT2D eigenvalue weighted by atomic mass is 16.5. The molecule has 1 aromatic carbocycles. The van der Waals surface area contributed by atoms with Crippen molar-refractivity contribution in [2.45, 2.75) is 31.5 Å². The molecule has 0 aromatic heterocycles. The Morgan fingerprint density at radius 2 is 2.23 bits per heavy atom. The van der Waals surface area contributed by atoms with Crippen LogP contribution in [0.15, 0.2) is 24.3 Å². The van der Waals surface area contributed by atoms with Gasteiger partial charge in [-0.2, -0.15) is 0 Å². The molecule has 0 aliphatic carbocycles. The number of nitrogens with one attached hydrogen (secondary N) is 1. The van der Waals surface area contributed by atoms with Crippen LogP contribution < -0.4 is 10.1 Å². The molecule has 2 heteroatoms. The van der Waals surface area contributed by atoms with E-state index in [4.69, 9.17) is 4.74 Å². The molecule has 0 radical (unpaired) electrons. The van der Waals surface area contributed by atoms with Crippen LogP contribution in [0.4, 0.5) is 0 Å². The van der Waals surface area contributed by atoms with Gasteiger partial charge in [0.2, 0.25) is 0 Å². The molecule has 0 unspecified atom stereocenters. The summed E-state index contributed by atoms with van der Waals surface area (Å²) in [7, 11) is 0. The summed E-state index contributed by atoms with van der Waals surface area (Å²) in [6.07, 6.45) is 1.50. The van der Waals surface area contributed by atoms with Crippen molar-refractivity contribution in [3.8, 4) is 5.75 Å². The van der Waals surface area contributed by atoms with Gasteiger partial charge in [0.25, 0.3) is 0 Å². The SMILES string of the molecule is C[C@H]1N[C@H]2C[C@@H]1Oc1ccccc12. The van der Waals surface area contributed by atoms with Gasteiger partial charge >= 0.3 is 0 Å². The molecule has 2 nitrogen and oxygen atoms in total. The zero-order chi connectivity index (χ0) is 8.84. The van der Waals surface area contributed by atoms with Crippen LogP contribution >= 0.6 is 0 Å². The molecule has 0 spiro atoms. The van der Waals surface area contributed by atoms with E-state index in [0.717, 1.165) is 12.2 Å². The topological polar surface area (TPSA) is 21.3 Å². The smallest absolute Gasteiger partial charge is 0.124 e. The molecule has 1 fully saturated rings. The molecule has 1 N–H and O–H groups in total. The summed E-state index contributed by atoms with van der Waals surface area (Å²) >= 11 is 0. The van der Waals surface area contributed by atoms with Crippen LogP contribution in [0.2, 0.25) is 0 Å². The normalized spacial score (nSPS) is 35.3. The third kappa shape index (κ3) is 0.985. The molecule has 2 heterocycles. The standard InChI is InChI=1S/C11H13NO/c1-7-11-6-9(12-7)8-4-2-3-5-10(8)13-11/h2-5,7,9,11-12H,6H2,1H3/t7-,9+,11+/m1/s1. The fraction of sp³-hybridized carbons (Fsp3) is 0.455. The van der Waals surface area contributed by atoms with Gasteiger partial charge in [-0.15, -0.1) is 0 Å². The minimum atomic E-state index is 0.375. The number of para-hydroxylation sites is 1. The Balaban J connectivity index is 2.08. The highest BCUT2D eigenvalue weighted by Crippen LogP contribution is 2.39. The van der Waals surface area contributed by atoms with Gasteiger partial charge in [-0.3, -0.25) is 0 Å². The predicted molar refractivity (Wildman–Crippen MR) is 50.8 cm³/mol. The van der Waals surface area contributed by atoms with Crippen molar-refractivity contribution in [1.29, 1.82) is 0 Å². The summed E-state index contributed by atoms with van der Waals surface area (Å²) in [6.45, 7) is 2.19. The number of ether oxygens (including phenoxy) is 1. The van der Waals surface area contributed by atoms with E-state index in [-0.39, 0.29) is 0 Å². The van der Waals surface area contributed by atoms with E-state index >= 15 is 0 Å². The lowest BCUT2D eigenvalue weighted by Crippen LogP contribution is -2.29. The Labute approximate surface area is 77.9 Å². The second-order valence-corrected chi connectivity index (χ2v) is 3.94. The number of benzene rings is 1. The average Bonchev–Trinajstić information content (AvgIpc) is 2.44. The maximum absolute atomic E-state index is 5.87. The monoisotopic (exact) mass is 175 g/mol. The fourth-order valence-corrected chi connectivity index (χ4v) is 2.33. The molecular formula is C11H13NO. The Kier molecular flexibility index (Phi) is 1.41. The van der Waals surface area contributed by atoms with E-state index in [0.29, 0.717) is 18.2 Å². The van der Waals surface area contributed by atoms with Crippen molar-refractivity contribution in [3.05, 3.63) is 29.8 Å². The lowest BCUT2D eigenvalue weighted by atomic mass is 10.0. The number of rotatable bonds is 0. The third-order valence-electron chi connectivity index (χ3n) is 3.06.